The maximum atomic E-state index is 12.6. The first-order chi connectivity index (χ1) is 20.2. The molecule has 0 fully saturated rings. The fourth-order valence-electron chi connectivity index (χ4n) is 5.67. The van der Waals surface area contributed by atoms with Gasteiger partial charge in [0, 0.05) is 5.39 Å². The first-order valence-electron chi connectivity index (χ1n) is 16.4. The Bertz CT molecular complexity index is 1290. The second kappa shape index (κ2) is 19.8. The lowest BCUT2D eigenvalue weighted by molar-refractivity contribution is 0.321. The molecule has 0 unspecified atom stereocenters. The third-order valence-electron chi connectivity index (χ3n) is 8.12. The average Bonchev–Trinajstić information content (AvgIpc) is 2.92. The van der Waals surface area contributed by atoms with Crippen LogP contribution >= 0.6 is 0 Å². The summed E-state index contributed by atoms with van der Waals surface area (Å²) in [7, 11) is -9.82. The molecule has 0 radical (unpaired) electrons. The van der Waals surface area contributed by atoms with Crippen LogP contribution < -0.4 is 0 Å². The normalized spacial score (nSPS) is 12.4. The third kappa shape index (κ3) is 14.0. The van der Waals surface area contributed by atoms with Gasteiger partial charge in [-0.15, -0.1) is 0 Å². The van der Waals surface area contributed by atoms with E-state index >= 15 is 0 Å². The van der Waals surface area contributed by atoms with Crippen molar-refractivity contribution in [1.29, 1.82) is 0 Å². The van der Waals surface area contributed by atoms with Crippen molar-refractivity contribution >= 4 is 31.0 Å². The van der Waals surface area contributed by atoms with Gasteiger partial charge in [0.2, 0.25) is 0 Å². The Labute approximate surface area is 263 Å². The zero-order valence-corrected chi connectivity index (χ0v) is 29.5. The van der Waals surface area contributed by atoms with E-state index in [1.807, 2.05) is 0 Å². The molecular weight excluding hydrogens is 583 g/mol. The Balaban J connectivity index is 0.00000117. The summed E-state index contributed by atoms with van der Waals surface area (Å²) in [6.45, 7) is 18.9. The molecule has 2 aromatic rings. The molecule has 0 aliphatic carbocycles. The summed E-state index contributed by atoms with van der Waals surface area (Å²) in [5.74, 6) is 1.28. The fraction of sp³-hybridized carbons (Fsp3) is 0.706. The lowest BCUT2D eigenvalue weighted by atomic mass is 9.91. The summed E-state index contributed by atoms with van der Waals surface area (Å²) < 4.78 is 70.3. The highest BCUT2D eigenvalue weighted by Crippen LogP contribution is 2.38. The van der Waals surface area contributed by atoms with Crippen LogP contribution in [0.1, 0.15) is 124 Å². The molecule has 0 aliphatic rings. The quantitative estimate of drug-likeness (QED) is 0.116. The third-order valence-corrected chi connectivity index (χ3v) is 10.2. The molecule has 0 atom stereocenters. The van der Waals surface area contributed by atoms with E-state index in [2.05, 4.69) is 53.4 Å². The van der Waals surface area contributed by atoms with Crippen LogP contribution in [0.4, 0.5) is 0 Å². The Morgan fingerprint density at radius 1 is 0.581 bits per heavy atom. The molecule has 0 amide bonds. The molecule has 2 aromatic carbocycles. The minimum absolute atomic E-state index is 0.128. The van der Waals surface area contributed by atoms with Gasteiger partial charge in [0.05, 0.1) is 0 Å². The van der Waals surface area contributed by atoms with E-state index in [4.69, 9.17) is 0 Å². The zero-order valence-electron chi connectivity index (χ0n) is 27.9. The molecule has 0 saturated heterocycles. The molecule has 0 spiro atoms. The van der Waals surface area contributed by atoms with Gasteiger partial charge in [0.15, 0.2) is 0 Å². The number of benzene rings is 2. The first kappa shape index (κ1) is 39.5. The maximum Gasteiger partial charge on any atom is 0.296 e. The van der Waals surface area contributed by atoms with Crippen molar-refractivity contribution in [3.8, 4) is 0 Å². The predicted molar refractivity (Wildman–Crippen MR) is 180 cm³/mol. The van der Waals surface area contributed by atoms with E-state index in [0.29, 0.717) is 42.0 Å². The molecule has 9 heteroatoms. The Morgan fingerprint density at radius 3 is 1.35 bits per heavy atom. The number of unbranched alkanes of at least 4 members (excludes halogenated alkanes) is 6. The van der Waals surface area contributed by atoms with Gasteiger partial charge in [-0.1, -0.05) is 124 Å². The number of aryl methyl sites for hydroxylation is 1. The zero-order chi connectivity index (χ0) is 32.6. The van der Waals surface area contributed by atoms with Crippen molar-refractivity contribution in [2.75, 3.05) is 19.6 Å². The molecule has 248 valence electrons. The summed E-state index contributed by atoms with van der Waals surface area (Å²) in [5.41, 5.74) is 1.09. The van der Waals surface area contributed by atoms with Crippen molar-refractivity contribution in [1.82, 2.24) is 4.90 Å². The number of rotatable bonds is 19. The SMILES string of the molecule is CC(C)CCCCCCc1c(S(=O)(=O)O)c(S(=O)(=O)O)c2ccccc2c1CCCCCCC(C)C.CCN(CC)CC. The van der Waals surface area contributed by atoms with E-state index in [0.717, 1.165) is 56.9 Å². The Hall–Kier alpha value is -1.52. The highest BCUT2D eigenvalue weighted by Gasteiger charge is 2.32. The molecular formula is C34H59NO6S2. The van der Waals surface area contributed by atoms with Gasteiger partial charge < -0.3 is 4.90 Å². The smallest absolute Gasteiger partial charge is 0.296 e. The van der Waals surface area contributed by atoms with Crippen LogP contribution in [0.15, 0.2) is 34.1 Å². The van der Waals surface area contributed by atoms with Crippen LogP contribution in [0, 0.1) is 11.8 Å². The summed E-state index contributed by atoms with van der Waals surface area (Å²) >= 11 is 0. The summed E-state index contributed by atoms with van der Waals surface area (Å²) in [5, 5.41) is 0.748. The number of nitrogens with zero attached hydrogens (tertiary/aromatic N) is 1. The van der Waals surface area contributed by atoms with Gasteiger partial charge in [-0.05, 0) is 73.7 Å². The van der Waals surface area contributed by atoms with Crippen LogP contribution in [-0.2, 0) is 33.1 Å². The van der Waals surface area contributed by atoms with Crippen molar-refractivity contribution in [2.45, 2.75) is 135 Å². The molecule has 0 saturated carbocycles. The number of hydrogen-bond acceptors (Lipinski definition) is 5. The molecule has 2 N–H and O–H groups in total. The molecule has 7 nitrogen and oxygen atoms in total. The molecule has 2 rings (SSSR count). The second-order valence-corrected chi connectivity index (χ2v) is 15.1. The van der Waals surface area contributed by atoms with E-state index in [1.54, 1.807) is 18.2 Å². The van der Waals surface area contributed by atoms with Gasteiger partial charge in [-0.3, -0.25) is 9.11 Å². The van der Waals surface area contributed by atoms with Crippen LogP contribution in [0.2, 0.25) is 0 Å². The van der Waals surface area contributed by atoms with Crippen LogP contribution in [-0.4, -0.2) is 50.5 Å². The minimum atomic E-state index is -4.91. The Kier molecular flexibility index (Phi) is 18.2. The molecule has 0 aromatic heterocycles. The lowest BCUT2D eigenvalue weighted by Crippen LogP contribution is -2.21. The van der Waals surface area contributed by atoms with E-state index in [1.165, 1.54) is 32.1 Å². The first-order valence-corrected chi connectivity index (χ1v) is 19.3. The van der Waals surface area contributed by atoms with Crippen molar-refractivity contribution in [3.05, 3.63) is 35.4 Å². The standard InChI is InChI=1S/C28H44O6S2.C6H15N/c1-21(2)15-9-5-7-11-17-23-24-18-13-14-20-26(24)28(36(32,33)34)27(35(29,30)31)25(23)19-12-8-6-10-16-22(3)4;1-4-7(5-2)6-3/h13-14,18,20-22H,5-12,15-17,19H2,1-4H3,(H,29,30,31)(H,32,33,34);4-6H2,1-3H3. The summed E-state index contributed by atoms with van der Waals surface area (Å²) in [4.78, 5) is 1.01. The van der Waals surface area contributed by atoms with E-state index in [-0.39, 0.29) is 5.39 Å². The average molecular weight is 642 g/mol. The largest absolute Gasteiger partial charge is 0.304 e. The second-order valence-electron chi connectivity index (χ2n) is 12.4. The predicted octanol–water partition coefficient (Wildman–Crippen LogP) is 8.98. The van der Waals surface area contributed by atoms with Gasteiger partial charge in [0.1, 0.15) is 9.79 Å². The van der Waals surface area contributed by atoms with Gasteiger partial charge >= 0.3 is 0 Å². The van der Waals surface area contributed by atoms with Crippen LogP contribution in [0.25, 0.3) is 10.8 Å². The minimum Gasteiger partial charge on any atom is -0.304 e. The topological polar surface area (TPSA) is 112 Å². The van der Waals surface area contributed by atoms with Crippen LogP contribution in [0.3, 0.4) is 0 Å². The molecule has 43 heavy (non-hydrogen) atoms. The monoisotopic (exact) mass is 641 g/mol. The van der Waals surface area contributed by atoms with E-state index < -0.39 is 30.0 Å². The summed E-state index contributed by atoms with van der Waals surface area (Å²) in [6.07, 6.45) is 10.9. The highest BCUT2D eigenvalue weighted by molar-refractivity contribution is 7.89. The highest BCUT2D eigenvalue weighted by atomic mass is 32.2. The van der Waals surface area contributed by atoms with Crippen molar-refractivity contribution in [2.24, 2.45) is 11.8 Å². The van der Waals surface area contributed by atoms with Gasteiger partial charge in [0.25, 0.3) is 20.2 Å². The van der Waals surface area contributed by atoms with Gasteiger partial charge in [-0.2, -0.15) is 16.8 Å². The lowest BCUT2D eigenvalue weighted by Gasteiger charge is -2.20. The number of hydrogen-bond donors (Lipinski definition) is 2. The maximum absolute atomic E-state index is 12.6. The summed E-state index contributed by atoms with van der Waals surface area (Å²) in [6, 6.07) is 6.66. The van der Waals surface area contributed by atoms with Crippen molar-refractivity contribution < 1.29 is 25.9 Å². The molecule has 0 bridgehead atoms. The molecule has 0 heterocycles. The Morgan fingerprint density at radius 2 is 0.977 bits per heavy atom. The molecule has 0 aliphatic heterocycles. The van der Waals surface area contributed by atoms with Crippen molar-refractivity contribution in [3.63, 3.8) is 0 Å². The van der Waals surface area contributed by atoms with Crippen LogP contribution in [0.5, 0.6) is 0 Å². The van der Waals surface area contributed by atoms with E-state index in [9.17, 15) is 25.9 Å². The van der Waals surface area contributed by atoms with Gasteiger partial charge in [-0.25, -0.2) is 0 Å². The fourth-order valence-corrected chi connectivity index (χ4v) is 7.99. The number of fused-ring (bicyclic) bond motifs is 1.